The summed E-state index contributed by atoms with van der Waals surface area (Å²) in [6, 6.07) is 13.9. The van der Waals surface area contributed by atoms with E-state index in [1.54, 1.807) is 6.07 Å². The summed E-state index contributed by atoms with van der Waals surface area (Å²) < 4.78 is 24.1. The van der Waals surface area contributed by atoms with Gasteiger partial charge >= 0.3 is 11.9 Å². The zero-order valence-corrected chi connectivity index (χ0v) is 18.6. The molecule has 166 valence electrons. The minimum absolute atomic E-state index is 0.211. The van der Waals surface area contributed by atoms with E-state index in [4.69, 9.17) is 19.8 Å². The van der Waals surface area contributed by atoms with Crippen molar-refractivity contribution in [1.29, 1.82) is 0 Å². The molecule has 2 aromatic rings. The Morgan fingerprint density at radius 1 is 0.935 bits per heavy atom. The number of hydrogen-bond acceptors (Lipinski definition) is 5. The molecule has 31 heavy (non-hydrogen) atoms. The fourth-order valence-corrected chi connectivity index (χ4v) is 4.14. The molecule has 1 atom stereocenters. The molecule has 8 heteroatoms. The quantitative estimate of drug-likeness (QED) is 0.680. The van der Waals surface area contributed by atoms with Crippen molar-refractivity contribution in [2.75, 3.05) is 26.9 Å². The minimum atomic E-state index is -3.22. The van der Waals surface area contributed by atoms with Gasteiger partial charge < -0.3 is 15.1 Å². The number of carbonyl (C=O) groups is 2. The van der Waals surface area contributed by atoms with Gasteiger partial charge in [-0.15, -0.1) is 0 Å². The molecule has 0 aliphatic heterocycles. The molecular weight excluding hydrogens is 418 g/mol. The average molecular weight is 446 g/mol. The second kappa shape index (κ2) is 10.4. The van der Waals surface area contributed by atoms with Gasteiger partial charge in [-0.25, -0.2) is 18.0 Å². The lowest BCUT2D eigenvalue weighted by Crippen LogP contribution is -2.15. The number of fused-ring (bicyclic) bond motifs is 2. The first kappa shape index (κ1) is 24.3. The first-order chi connectivity index (χ1) is 14.5. The molecule has 0 amide bonds. The Morgan fingerprint density at radius 3 is 2.06 bits per heavy atom. The number of rotatable bonds is 5. The van der Waals surface area contributed by atoms with Crippen molar-refractivity contribution in [3.05, 3.63) is 64.7 Å². The van der Waals surface area contributed by atoms with Gasteiger partial charge in [0.1, 0.15) is 0 Å². The summed E-state index contributed by atoms with van der Waals surface area (Å²) >= 11 is 0. The van der Waals surface area contributed by atoms with Gasteiger partial charge in [-0.1, -0.05) is 42.5 Å². The molecule has 0 fully saturated rings. The lowest BCUT2D eigenvalue weighted by molar-refractivity contribution is -0.159. The molecule has 2 N–H and O–H groups in total. The minimum Gasteiger partial charge on any atom is -0.473 e. The Kier molecular flexibility index (Phi) is 8.13. The summed E-state index contributed by atoms with van der Waals surface area (Å²) in [5.41, 5.74) is 4.72. The molecular formula is C23H27NO6S. The second-order valence-electron chi connectivity index (χ2n) is 7.63. The van der Waals surface area contributed by atoms with Crippen LogP contribution in [0.5, 0.6) is 0 Å². The van der Waals surface area contributed by atoms with Crippen LogP contribution in [0.2, 0.25) is 0 Å². The van der Waals surface area contributed by atoms with Crippen molar-refractivity contribution in [3.8, 4) is 0 Å². The van der Waals surface area contributed by atoms with E-state index in [2.05, 4.69) is 55.4 Å². The highest BCUT2D eigenvalue weighted by Gasteiger charge is 2.23. The van der Waals surface area contributed by atoms with Crippen LogP contribution < -0.4 is 0 Å². The van der Waals surface area contributed by atoms with Crippen molar-refractivity contribution in [2.45, 2.75) is 23.7 Å². The van der Waals surface area contributed by atoms with E-state index < -0.39 is 21.8 Å². The summed E-state index contributed by atoms with van der Waals surface area (Å²) in [5, 5.41) is 14.8. The molecule has 0 aromatic heterocycles. The number of carboxylic acids is 2. The fraction of sp³-hybridized carbons (Fsp3) is 0.304. The lowest BCUT2D eigenvalue weighted by atomic mass is 9.84. The number of nitrogens with zero attached hydrogens (tertiary/aromatic N) is 1. The molecule has 0 saturated carbocycles. The van der Waals surface area contributed by atoms with Crippen molar-refractivity contribution in [2.24, 2.45) is 0 Å². The summed E-state index contributed by atoms with van der Waals surface area (Å²) in [4.78, 5) is 20.8. The van der Waals surface area contributed by atoms with Crippen LogP contribution in [-0.2, 0) is 19.4 Å². The van der Waals surface area contributed by atoms with E-state index in [0.717, 1.165) is 30.5 Å². The maximum atomic E-state index is 12.0. The van der Waals surface area contributed by atoms with E-state index in [1.165, 1.54) is 17.4 Å². The highest BCUT2D eigenvalue weighted by Crippen LogP contribution is 2.38. The maximum absolute atomic E-state index is 12.0. The SMILES string of the molecule is CN(C)CCCC1c2ccccc2C=Cc2ccc(S(C)(=O)=O)cc21.O=C(O)C(=O)O. The zero-order valence-electron chi connectivity index (χ0n) is 17.8. The van der Waals surface area contributed by atoms with Crippen molar-refractivity contribution in [1.82, 2.24) is 4.90 Å². The Morgan fingerprint density at radius 2 is 1.52 bits per heavy atom. The number of aliphatic carboxylic acids is 2. The largest absolute Gasteiger partial charge is 0.473 e. The van der Waals surface area contributed by atoms with Gasteiger partial charge in [-0.3, -0.25) is 0 Å². The molecule has 0 heterocycles. The Bertz CT molecular complexity index is 1080. The van der Waals surface area contributed by atoms with Gasteiger partial charge in [0.15, 0.2) is 9.84 Å². The fourth-order valence-electron chi connectivity index (χ4n) is 3.49. The van der Waals surface area contributed by atoms with Gasteiger partial charge in [0.2, 0.25) is 0 Å². The molecule has 2 aromatic carbocycles. The summed E-state index contributed by atoms with van der Waals surface area (Å²) in [5.74, 6) is -3.44. The third kappa shape index (κ3) is 6.77. The van der Waals surface area contributed by atoms with E-state index in [-0.39, 0.29) is 5.92 Å². The third-order valence-electron chi connectivity index (χ3n) is 4.96. The summed E-state index contributed by atoms with van der Waals surface area (Å²) in [7, 11) is 0.948. The van der Waals surface area contributed by atoms with Crippen molar-refractivity contribution >= 4 is 33.9 Å². The van der Waals surface area contributed by atoms with Crippen LogP contribution in [0.3, 0.4) is 0 Å². The van der Waals surface area contributed by atoms with Gasteiger partial charge in [0.25, 0.3) is 0 Å². The molecule has 3 rings (SSSR count). The molecule has 7 nitrogen and oxygen atoms in total. The predicted octanol–water partition coefficient (Wildman–Crippen LogP) is 3.20. The third-order valence-corrected chi connectivity index (χ3v) is 6.07. The standard InChI is InChI=1S/C21H25NO2S.C2H2O4/c1-22(2)14-6-9-20-19-8-5-4-7-16(19)10-11-17-12-13-18(15-21(17)20)25(3,23)24;3-1(4)2(5)6/h4-5,7-8,10-13,15,20H,6,9,14H2,1-3H3;(H,3,4)(H,5,6). The molecule has 0 bridgehead atoms. The van der Waals surface area contributed by atoms with E-state index in [9.17, 15) is 8.42 Å². The van der Waals surface area contributed by atoms with Crippen LogP contribution in [0.4, 0.5) is 0 Å². The zero-order chi connectivity index (χ0) is 23.2. The van der Waals surface area contributed by atoms with Crippen LogP contribution in [0.1, 0.15) is 41.0 Å². The molecule has 1 unspecified atom stereocenters. The van der Waals surface area contributed by atoms with Crippen LogP contribution in [0.25, 0.3) is 12.2 Å². The first-order valence-electron chi connectivity index (χ1n) is 9.72. The summed E-state index contributed by atoms with van der Waals surface area (Å²) in [6.07, 6.45) is 7.58. The Labute approximate surface area is 182 Å². The van der Waals surface area contributed by atoms with E-state index in [1.807, 2.05) is 12.1 Å². The van der Waals surface area contributed by atoms with Crippen LogP contribution in [0.15, 0.2) is 47.4 Å². The number of hydrogen-bond donors (Lipinski definition) is 2. The molecule has 0 spiro atoms. The van der Waals surface area contributed by atoms with Crippen LogP contribution >= 0.6 is 0 Å². The van der Waals surface area contributed by atoms with Crippen molar-refractivity contribution in [3.63, 3.8) is 0 Å². The van der Waals surface area contributed by atoms with E-state index in [0.29, 0.717) is 4.90 Å². The van der Waals surface area contributed by atoms with Crippen molar-refractivity contribution < 1.29 is 28.2 Å². The lowest BCUT2D eigenvalue weighted by Gasteiger charge is -2.22. The normalized spacial score (nSPS) is 14.6. The van der Waals surface area contributed by atoms with Gasteiger partial charge in [-0.2, -0.15) is 0 Å². The second-order valence-corrected chi connectivity index (χ2v) is 9.65. The Hall–Kier alpha value is -2.97. The maximum Gasteiger partial charge on any atom is 0.414 e. The van der Waals surface area contributed by atoms with E-state index >= 15 is 0 Å². The Balaban J connectivity index is 0.000000501. The van der Waals surface area contributed by atoms with Gasteiger partial charge in [0.05, 0.1) is 4.90 Å². The van der Waals surface area contributed by atoms with Crippen LogP contribution in [-0.4, -0.2) is 62.4 Å². The highest BCUT2D eigenvalue weighted by atomic mass is 32.2. The topological polar surface area (TPSA) is 112 Å². The van der Waals surface area contributed by atoms with Crippen LogP contribution in [0, 0.1) is 0 Å². The molecule has 1 aliphatic rings. The van der Waals surface area contributed by atoms with Gasteiger partial charge in [0, 0.05) is 12.2 Å². The smallest absolute Gasteiger partial charge is 0.414 e. The average Bonchev–Trinajstić information content (AvgIpc) is 2.84. The number of sulfone groups is 1. The number of carboxylic acid groups (broad SMARTS) is 2. The molecule has 0 saturated heterocycles. The predicted molar refractivity (Wildman–Crippen MR) is 120 cm³/mol. The molecule has 1 aliphatic carbocycles. The summed E-state index contributed by atoms with van der Waals surface area (Å²) in [6.45, 7) is 1.02. The monoisotopic (exact) mass is 445 g/mol. The number of benzene rings is 2. The first-order valence-corrected chi connectivity index (χ1v) is 11.6. The molecule has 0 radical (unpaired) electrons. The highest BCUT2D eigenvalue weighted by molar-refractivity contribution is 7.90. The van der Waals surface area contributed by atoms with Gasteiger partial charge in [-0.05, 0) is 67.9 Å².